The Hall–Kier alpha value is -1.58. The van der Waals surface area contributed by atoms with Crippen LogP contribution in [0.4, 0.5) is 0 Å². The number of hydrogen-bond acceptors (Lipinski definition) is 3. The van der Waals surface area contributed by atoms with Crippen LogP contribution in [0, 0.1) is 0 Å². The van der Waals surface area contributed by atoms with Gasteiger partial charge in [0.15, 0.2) is 6.29 Å². The third-order valence-electron chi connectivity index (χ3n) is 2.89. The predicted molar refractivity (Wildman–Crippen MR) is 58.2 cm³/mol. The van der Waals surface area contributed by atoms with Crippen molar-refractivity contribution in [3.63, 3.8) is 0 Å². The van der Waals surface area contributed by atoms with Crippen molar-refractivity contribution >= 4 is 12.3 Å². The molecule has 4 nitrogen and oxygen atoms in total. The maximum atomic E-state index is 11.6. The van der Waals surface area contributed by atoms with Crippen LogP contribution in [0.2, 0.25) is 0 Å². The maximum absolute atomic E-state index is 11.6. The number of carbonyl (C=O) groups is 2. The highest BCUT2D eigenvalue weighted by atomic mass is 16.5. The predicted octanol–water partition coefficient (Wildman–Crippen LogP) is 1.79. The Kier molecular flexibility index (Phi) is 3.39. The van der Waals surface area contributed by atoms with E-state index in [4.69, 9.17) is 4.74 Å². The second kappa shape index (κ2) is 4.96. The van der Waals surface area contributed by atoms with Crippen molar-refractivity contribution < 1.29 is 14.3 Å². The van der Waals surface area contributed by atoms with Crippen molar-refractivity contribution in [2.45, 2.75) is 38.3 Å². The number of nitrogens with zero attached hydrogens (tertiary/aromatic N) is 1. The van der Waals surface area contributed by atoms with Crippen molar-refractivity contribution in [2.24, 2.45) is 0 Å². The van der Waals surface area contributed by atoms with Crippen LogP contribution in [0.5, 0.6) is 0 Å². The first-order valence-electron chi connectivity index (χ1n) is 5.59. The zero-order valence-corrected chi connectivity index (χ0v) is 9.09. The first-order valence-corrected chi connectivity index (χ1v) is 5.59. The summed E-state index contributed by atoms with van der Waals surface area (Å²) in [6.07, 6.45) is 6.75. The van der Waals surface area contributed by atoms with Gasteiger partial charge in [-0.15, -0.1) is 0 Å². The van der Waals surface area contributed by atoms with Crippen LogP contribution in [-0.4, -0.2) is 22.9 Å². The summed E-state index contributed by atoms with van der Waals surface area (Å²) < 4.78 is 6.91. The van der Waals surface area contributed by atoms with E-state index in [1.807, 2.05) is 0 Å². The molecule has 0 radical (unpaired) electrons. The fourth-order valence-electron chi connectivity index (χ4n) is 2.05. The van der Waals surface area contributed by atoms with Gasteiger partial charge in [0.2, 0.25) is 0 Å². The zero-order chi connectivity index (χ0) is 11.4. The van der Waals surface area contributed by atoms with Gasteiger partial charge >= 0.3 is 5.97 Å². The van der Waals surface area contributed by atoms with E-state index in [0.29, 0.717) is 5.69 Å². The van der Waals surface area contributed by atoms with Crippen molar-refractivity contribution in [3.05, 3.63) is 24.0 Å². The SMILES string of the molecule is O=Cc1cccn1CC(=O)OC1CCCC1. The topological polar surface area (TPSA) is 48.3 Å². The van der Waals surface area contributed by atoms with Gasteiger partial charge in [0.05, 0.1) is 5.69 Å². The van der Waals surface area contributed by atoms with Gasteiger partial charge in [-0.1, -0.05) is 0 Å². The molecule has 0 N–H and O–H groups in total. The van der Waals surface area contributed by atoms with Crippen molar-refractivity contribution in [3.8, 4) is 0 Å². The van der Waals surface area contributed by atoms with E-state index in [2.05, 4.69) is 0 Å². The molecule has 1 saturated carbocycles. The number of ether oxygens (including phenoxy) is 1. The average molecular weight is 221 g/mol. The number of aldehydes is 1. The maximum Gasteiger partial charge on any atom is 0.326 e. The summed E-state index contributed by atoms with van der Waals surface area (Å²) in [6, 6.07) is 3.42. The molecule has 0 amide bonds. The van der Waals surface area contributed by atoms with Gasteiger partial charge in [-0.2, -0.15) is 0 Å². The minimum Gasteiger partial charge on any atom is -0.461 e. The van der Waals surface area contributed by atoms with E-state index in [-0.39, 0.29) is 18.6 Å². The lowest BCUT2D eigenvalue weighted by atomic mass is 10.3. The normalized spacial score (nSPS) is 16.2. The van der Waals surface area contributed by atoms with Crippen LogP contribution in [0.15, 0.2) is 18.3 Å². The number of esters is 1. The van der Waals surface area contributed by atoms with Crippen LogP contribution in [0.1, 0.15) is 36.2 Å². The molecule has 1 aromatic heterocycles. The lowest BCUT2D eigenvalue weighted by Crippen LogP contribution is -2.20. The quantitative estimate of drug-likeness (QED) is 0.575. The minimum absolute atomic E-state index is 0.0859. The summed E-state index contributed by atoms with van der Waals surface area (Å²) >= 11 is 0. The molecular formula is C12H15NO3. The number of rotatable bonds is 4. The Labute approximate surface area is 94.2 Å². The molecule has 2 rings (SSSR count). The molecule has 0 aromatic carbocycles. The highest BCUT2D eigenvalue weighted by molar-refractivity contribution is 5.75. The molecule has 86 valence electrons. The molecule has 1 aromatic rings. The van der Waals surface area contributed by atoms with Crippen molar-refractivity contribution in [1.29, 1.82) is 0 Å². The van der Waals surface area contributed by atoms with Gasteiger partial charge in [-0.3, -0.25) is 9.59 Å². The minimum atomic E-state index is -0.258. The van der Waals surface area contributed by atoms with Gasteiger partial charge < -0.3 is 9.30 Å². The Balaban J connectivity index is 1.89. The standard InChI is InChI=1S/C12H15NO3/c14-9-10-4-3-7-13(10)8-12(15)16-11-5-1-2-6-11/h3-4,7,9,11H,1-2,5-6,8H2. The molecule has 0 spiro atoms. The summed E-state index contributed by atoms with van der Waals surface area (Å²) in [5.41, 5.74) is 0.503. The summed E-state index contributed by atoms with van der Waals surface area (Å²) in [5.74, 6) is -0.258. The Morgan fingerprint density at radius 1 is 1.50 bits per heavy atom. The third kappa shape index (κ3) is 2.51. The van der Waals surface area contributed by atoms with Crippen LogP contribution >= 0.6 is 0 Å². The second-order valence-electron chi connectivity index (χ2n) is 4.08. The third-order valence-corrected chi connectivity index (χ3v) is 2.89. The van der Waals surface area contributed by atoms with E-state index in [0.717, 1.165) is 32.0 Å². The molecule has 1 aliphatic rings. The molecule has 0 unspecified atom stereocenters. The molecule has 0 aliphatic heterocycles. The van der Waals surface area contributed by atoms with Crippen LogP contribution < -0.4 is 0 Å². The summed E-state index contributed by atoms with van der Waals surface area (Å²) in [6.45, 7) is 0.123. The summed E-state index contributed by atoms with van der Waals surface area (Å²) in [5, 5.41) is 0. The first kappa shape index (κ1) is 10.9. The average Bonchev–Trinajstić information content (AvgIpc) is 2.88. The van der Waals surface area contributed by atoms with E-state index in [1.165, 1.54) is 0 Å². The highest BCUT2D eigenvalue weighted by Gasteiger charge is 2.19. The van der Waals surface area contributed by atoms with Gasteiger partial charge in [0, 0.05) is 6.20 Å². The number of aromatic nitrogens is 1. The van der Waals surface area contributed by atoms with Crippen molar-refractivity contribution in [2.75, 3.05) is 0 Å². The second-order valence-corrected chi connectivity index (χ2v) is 4.08. The van der Waals surface area contributed by atoms with Gasteiger partial charge in [0.25, 0.3) is 0 Å². The van der Waals surface area contributed by atoms with E-state index >= 15 is 0 Å². The number of carbonyl (C=O) groups excluding carboxylic acids is 2. The fraction of sp³-hybridized carbons (Fsp3) is 0.500. The van der Waals surface area contributed by atoms with Gasteiger partial charge in [-0.05, 0) is 37.8 Å². The first-order chi connectivity index (χ1) is 7.79. The molecule has 4 heteroatoms. The monoisotopic (exact) mass is 221 g/mol. The van der Waals surface area contributed by atoms with E-state index in [9.17, 15) is 9.59 Å². The van der Waals surface area contributed by atoms with Crippen molar-refractivity contribution in [1.82, 2.24) is 4.57 Å². The van der Waals surface area contributed by atoms with E-state index < -0.39 is 0 Å². The Morgan fingerprint density at radius 2 is 2.25 bits per heavy atom. The van der Waals surface area contributed by atoms with Crippen LogP contribution in [0.25, 0.3) is 0 Å². The van der Waals surface area contributed by atoms with Gasteiger partial charge in [-0.25, -0.2) is 0 Å². The zero-order valence-electron chi connectivity index (χ0n) is 9.09. The van der Waals surface area contributed by atoms with E-state index in [1.54, 1.807) is 22.9 Å². The molecule has 0 bridgehead atoms. The summed E-state index contributed by atoms with van der Waals surface area (Å²) in [7, 11) is 0. The lowest BCUT2D eigenvalue weighted by Gasteiger charge is -2.12. The molecule has 1 fully saturated rings. The van der Waals surface area contributed by atoms with Gasteiger partial charge in [0.1, 0.15) is 12.6 Å². The molecule has 1 heterocycles. The fourth-order valence-corrected chi connectivity index (χ4v) is 2.05. The molecular weight excluding hydrogens is 206 g/mol. The Bertz CT molecular complexity index is 377. The van der Waals surface area contributed by atoms with Crippen LogP contribution in [-0.2, 0) is 16.1 Å². The Morgan fingerprint density at radius 3 is 2.94 bits per heavy atom. The number of hydrogen-bond donors (Lipinski definition) is 0. The molecule has 0 saturated heterocycles. The summed E-state index contributed by atoms with van der Waals surface area (Å²) in [4.78, 5) is 22.2. The largest absolute Gasteiger partial charge is 0.461 e. The van der Waals surface area contributed by atoms with Crippen LogP contribution in [0.3, 0.4) is 0 Å². The molecule has 1 aliphatic carbocycles. The lowest BCUT2D eigenvalue weighted by molar-refractivity contribution is -0.149. The highest BCUT2D eigenvalue weighted by Crippen LogP contribution is 2.21. The smallest absolute Gasteiger partial charge is 0.326 e. The molecule has 16 heavy (non-hydrogen) atoms. The molecule has 0 atom stereocenters.